The highest BCUT2D eigenvalue weighted by Crippen LogP contribution is 2.48. The van der Waals surface area contributed by atoms with Crippen LogP contribution in [-0.4, -0.2) is 11.4 Å². The Morgan fingerprint density at radius 2 is 1.68 bits per heavy atom. The predicted octanol–water partition coefficient (Wildman–Crippen LogP) is 4.59. The summed E-state index contributed by atoms with van der Waals surface area (Å²) in [5.74, 6) is 0.441. The Morgan fingerprint density at radius 1 is 0.968 bits per heavy atom. The quantitative estimate of drug-likeness (QED) is 0.647. The average Bonchev–Trinajstić information content (AvgIpc) is 2.79. The number of nitrogens with zero attached hydrogens (tertiary/aromatic N) is 1. The maximum Gasteiger partial charge on any atom is 0.225 e. The van der Waals surface area contributed by atoms with Crippen LogP contribution in [0.2, 0.25) is 0 Å². The summed E-state index contributed by atoms with van der Waals surface area (Å²) in [5.41, 5.74) is 11.6. The number of nitriles is 1. The van der Waals surface area contributed by atoms with E-state index in [0.717, 1.165) is 22.3 Å². The SMILES string of the molecule is Cc1ccc2c(c1)C1=C(C(O)O2)C(c2ccc(-c3ccccc3)cc2)C(C#N)=C(N)O1. The normalized spacial score (nSPS) is 19.6. The summed E-state index contributed by atoms with van der Waals surface area (Å²) in [6, 6.07) is 25.7. The molecule has 2 aliphatic heterocycles. The lowest BCUT2D eigenvalue weighted by Crippen LogP contribution is -2.33. The number of hydrogen-bond donors (Lipinski definition) is 2. The minimum Gasteiger partial charge on any atom is -0.460 e. The first-order valence-electron chi connectivity index (χ1n) is 9.99. The molecular weight excluding hydrogens is 388 g/mol. The van der Waals surface area contributed by atoms with Gasteiger partial charge in [-0.15, -0.1) is 0 Å². The highest BCUT2D eigenvalue weighted by Gasteiger charge is 2.41. The van der Waals surface area contributed by atoms with E-state index in [1.54, 1.807) is 6.07 Å². The number of hydrogen-bond acceptors (Lipinski definition) is 5. The van der Waals surface area contributed by atoms with E-state index in [0.29, 0.717) is 22.6 Å². The second kappa shape index (κ2) is 7.35. The lowest BCUT2D eigenvalue weighted by molar-refractivity contribution is 0.00465. The zero-order valence-electron chi connectivity index (χ0n) is 16.9. The first-order valence-corrected chi connectivity index (χ1v) is 9.99. The van der Waals surface area contributed by atoms with Crippen molar-refractivity contribution in [3.8, 4) is 22.9 Å². The summed E-state index contributed by atoms with van der Waals surface area (Å²) in [6.07, 6.45) is -1.25. The molecule has 0 fully saturated rings. The number of benzene rings is 3. The molecule has 2 heterocycles. The largest absolute Gasteiger partial charge is 0.460 e. The Hall–Kier alpha value is -4.01. The van der Waals surface area contributed by atoms with Crippen LogP contribution in [-0.2, 0) is 4.74 Å². The second-order valence-electron chi connectivity index (χ2n) is 7.67. The first kappa shape index (κ1) is 19.0. The number of fused-ring (bicyclic) bond motifs is 2. The molecule has 3 aromatic carbocycles. The van der Waals surface area contributed by atoms with Gasteiger partial charge in [0, 0.05) is 0 Å². The molecule has 0 saturated heterocycles. The van der Waals surface area contributed by atoms with Crippen molar-refractivity contribution in [1.82, 2.24) is 0 Å². The number of aliphatic hydroxyl groups excluding tert-OH is 1. The average molecular weight is 408 g/mol. The highest BCUT2D eigenvalue weighted by atomic mass is 16.6. The van der Waals surface area contributed by atoms with Crippen LogP contribution >= 0.6 is 0 Å². The van der Waals surface area contributed by atoms with Gasteiger partial charge in [-0.2, -0.15) is 5.26 Å². The second-order valence-corrected chi connectivity index (χ2v) is 7.67. The van der Waals surface area contributed by atoms with Crippen LogP contribution in [0.15, 0.2) is 89.8 Å². The van der Waals surface area contributed by atoms with Crippen molar-refractivity contribution in [3.05, 3.63) is 107 Å². The Bertz CT molecular complexity index is 1270. The summed E-state index contributed by atoms with van der Waals surface area (Å²) in [6.45, 7) is 1.97. The van der Waals surface area contributed by atoms with Gasteiger partial charge in [0.15, 0.2) is 0 Å². The fourth-order valence-corrected chi connectivity index (χ4v) is 4.19. The standard InChI is InChI=1S/C26H20N2O3/c1-15-7-12-21-19(13-15)24-23(26(29)30-21)22(20(14-27)25(28)31-24)18-10-8-17(9-11-18)16-5-3-2-4-6-16/h2-13,22,26,29H,28H2,1H3. The molecule has 0 radical (unpaired) electrons. The van der Waals surface area contributed by atoms with E-state index in [1.807, 2.05) is 73.7 Å². The molecule has 0 bridgehead atoms. The zero-order chi connectivity index (χ0) is 21.5. The van der Waals surface area contributed by atoms with E-state index >= 15 is 0 Å². The molecule has 0 spiro atoms. The first-order chi connectivity index (χ1) is 15.1. The maximum absolute atomic E-state index is 10.9. The van der Waals surface area contributed by atoms with E-state index in [1.165, 1.54) is 0 Å². The van der Waals surface area contributed by atoms with Crippen LogP contribution < -0.4 is 10.5 Å². The molecule has 2 aliphatic rings. The van der Waals surface area contributed by atoms with E-state index in [9.17, 15) is 10.4 Å². The molecule has 0 aliphatic carbocycles. The molecule has 0 amide bonds. The monoisotopic (exact) mass is 408 g/mol. The Balaban J connectivity index is 1.65. The van der Waals surface area contributed by atoms with E-state index in [4.69, 9.17) is 15.2 Å². The topological polar surface area (TPSA) is 88.5 Å². The maximum atomic E-state index is 10.9. The molecule has 152 valence electrons. The van der Waals surface area contributed by atoms with Crippen LogP contribution in [0, 0.1) is 18.3 Å². The number of allylic oxidation sites excluding steroid dienone is 1. The molecular formula is C26H20N2O3. The van der Waals surface area contributed by atoms with Crippen molar-refractivity contribution in [3.63, 3.8) is 0 Å². The van der Waals surface area contributed by atoms with Gasteiger partial charge in [0.1, 0.15) is 23.2 Å². The van der Waals surface area contributed by atoms with E-state index < -0.39 is 12.2 Å². The summed E-state index contributed by atoms with van der Waals surface area (Å²) >= 11 is 0. The van der Waals surface area contributed by atoms with Gasteiger partial charge in [0.25, 0.3) is 0 Å². The van der Waals surface area contributed by atoms with Crippen molar-refractivity contribution < 1.29 is 14.6 Å². The van der Waals surface area contributed by atoms with Crippen molar-refractivity contribution in [2.75, 3.05) is 0 Å². The van der Waals surface area contributed by atoms with Gasteiger partial charge in [-0.1, -0.05) is 66.2 Å². The summed E-state index contributed by atoms with van der Waals surface area (Å²) in [5, 5.41) is 20.7. The summed E-state index contributed by atoms with van der Waals surface area (Å²) < 4.78 is 11.6. The van der Waals surface area contributed by atoms with Crippen LogP contribution in [0.5, 0.6) is 5.75 Å². The molecule has 2 unspecified atom stereocenters. The minimum absolute atomic E-state index is 0.0416. The molecule has 0 saturated carbocycles. The van der Waals surface area contributed by atoms with Gasteiger partial charge in [-0.25, -0.2) is 0 Å². The highest BCUT2D eigenvalue weighted by molar-refractivity contribution is 5.76. The van der Waals surface area contributed by atoms with Crippen molar-refractivity contribution in [2.24, 2.45) is 5.73 Å². The Labute approximate surface area is 180 Å². The number of nitrogens with two attached hydrogens (primary N) is 1. The van der Waals surface area contributed by atoms with E-state index in [2.05, 4.69) is 6.07 Å². The van der Waals surface area contributed by atoms with Crippen molar-refractivity contribution >= 4 is 5.76 Å². The predicted molar refractivity (Wildman–Crippen MR) is 117 cm³/mol. The lowest BCUT2D eigenvalue weighted by atomic mass is 9.80. The van der Waals surface area contributed by atoms with Crippen LogP contribution in [0.3, 0.4) is 0 Å². The van der Waals surface area contributed by atoms with Gasteiger partial charge >= 0.3 is 0 Å². The van der Waals surface area contributed by atoms with Gasteiger partial charge in [-0.05, 0) is 35.7 Å². The molecule has 5 rings (SSSR count). The lowest BCUT2D eigenvalue weighted by Gasteiger charge is -2.35. The summed E-state index contributed by atoms with van der Waals surface area (Å²) in [7, 11) is 0. The fourth-order valence-electron chi connectivity index (χ4n) is 4.19. The van der Waals surface area contributed by atoms with Crippen LogP contribution in [0.4, 0.5) is 0 Å². The Morgan fingerprint density at radius 3 is 2.39 bits per heavy atom. The zero-order valence-corrected chi connectivity index (χ0v) is 16.9. The van der Waals surface area contributed by atoms with Crippen molar-refractivity contribution in [2.45, 2.75) is 19.1 Å². The van der Waals surface area contributed by atoms with Crippen LogP contribution in [0.1, 0.15) is 22.6 Å². The number of ether oxygens (including phenoxy) is 2. The third kappa shape index (κ3) is 3.14. The molecule has 5 nitrogen and oxygen atoms in total. The molecule has 0 aromatic heterocycles. The van der Waals surface area contributed by atoms with E-state index in [-0.39, 0.29) is 11.5 Å². The molecule has 3 N–H and O–H groups in total. The molecule has 5 heteroatoms. The third-order valence-corrected chi connectivity index (χ3v) is 5.70. The third-order valence-electron chi connectivity index (χ3n) is 5.70. The van der Waals surface area contributed by atoms with Crippen molar-refractivity contribution in [1.29, 1.82) is 5.26 Å². The molecule has 3 aromatic rings. The van der Waals surface area contributed by atoms with Crippen LogP contribution in [0.25, 0.3) is 16.9 Å². The van der Waals surface area contributed by atoms with Gasteiger partial charge in [-0.3, -0.25) is 0 Å². The number of aryl methyl sites for hydroxylation is 1. The van der Waals surface area contributed by atoms with Gasteiger partial charge in [0.2, 0.25) is 12.2 Å². The summed E-state index contributed by atoms with van der Waals surface area (Å²) in [4.78, 5) is 0. The molecule has 31 heavy (non-hydrogen) atoms. The number of rotatable bonds is 2. The van der Waals surface area contributed by atoms with Gasteiger partial charge in [0.05, 0.1) is 17.1 Å². The number of aliphatic hydroxyl groups is 1. The smallest absolute Gasteiger partial charge is 0.225 e. The Kier molecular flexibility index (Phi) is 4.50. The van der Waals surface area contributed by atoms with Gasteiger partial charge < -0.3 is 20.3 Å². The molecule has 2 atom stereocenters. The fraction of sp³-hybridized carbons (Fsp3) is 0.115. The minimum atomic E-state index is -1.25.